The summed E-state index contributed by atoms with van der Waals surface area (Å²) in [6, 6.07) is 50.9. The van der Waals surface area contributed by atoms with Crippen molar-refractivity contribution in [2.24, 2.45) is 0 Å². The van der Waals surface area contributed by atoms with Crippen LogP contribution in [0, 0.1) is 0 Å². The quantitative estimate of drug-likeness (QED) is 0.163. The fourth-order valence-corrected chi connectivity index (χ4v) is 9.98. The average molecular weight is 619 g/mol. The van der Waals surface area contributed by atoms with Crippen molar-refractivity contribution in [2.75, 3.05) is 0 Å². The monoisotopic (exact) mass is 618 g/mol. The Bertz CT molecular complexity index is 2320. The van der Waals surface area contributed by atoms with E-state index in [9.17, 15) is 0 Å². The summed E-state index contributed by atoms with van der Waals surface area (Å²) in [6.45, 7) is 9.56. The van der Waals surface area contributed by atoms with Gasteiger partial charge < -0.3 is 0 Å². The minimum Gasteiger partial charge on any atom is -0.0642 e. The predicted molar refractivity (Wildman–Crippen MR) is 206 cm³/mol. The van der Waals surface area contributed by atoms with Crippen molar-refractivity contribution < 1.29 is 0 Å². The first-order valence-electron chi connectivity index (χ1n) is 18.0. The molecule has 0 N–H and O–H groups in total. The van der Waals surface area contributed by atoms with Crippen LogP contribution in [0.1, 0.15) is 75.6 Å². The molecule has 2 aliphatic carbocycles. The Kier molecular flexibility index (Phi) is 6.57. The second-order valence-corrected chi connectivity index (χ2v) is 14.0. The van der Waals surface area contributed by atoms with Crippen LogP contribution >= 0.6 is 0 Å². The lowest BCUT2D eigenvalue weighted by Gasteiger charge is -2.33. The highest BCUT2D eigenvalue weighted by atomic mass is 14.5. The van der Waals surface area contributed by atoms with Crippen LogP contribution in [0.3, 0.4) is 0 Å². The van der Waals surface area contributed by atoms with Gasteiger partial charge in [0.25, 0.3) is 0 Å². The van der Waals surface area contributed by atoms with Crippen molar-refractivity contribution in [2.45, 2.75) is 64.2 Å². The first-order valence-corrected chi connectivity index (χ1v) is 18.0. The van der Waals surface area contributed by atoms with Gasteiger partial charge in [-0.15, -0.1) is 0 Å². The number of hydrogen-bond acceptors (Lipinski definition) is 0. The summed E-state index contributed by atoms with van der Waals surface area (Å²) in [5.74, 6) is 0. The number of benzene rings is 7. The van der Waals surface area contributed by atoms with Crippen LogP contribution in [0.2, 0.25) is 0 Å². The highest BCUT2D eigenvalue weighted by Crippen LogP contribution is 2.60. The van der Waals surface area contributed by atoms with Crippen molar-refractivity contribution in [1.82, 2.24) is 0 Å². The van der Waals surface area contributed by atoms with Crippen molar-refractivity contribution in [3.63, 3.8) is 0 Å². The maximum Gasteiger partial charge on any atom is 0.0210 e. The third-order valence-corrected chi connectivity index (χ3v) is 12.4. The molecule has 0 aromatic heterocycles. The van der Waals surface area contributed by atoms with Crippen LogP contribution in [0.5, 0.6) is 0 Å². The topological polar surface area (TPSA) is 0 Å². The average Bonchev–Trinajstić information content (AvgIpc) is 3.59. The second-order valence-electron chi connectivity index (χ2n) is 14.0. The summed E-state index contributed by atoms with van der Waals surface area (Å²) in [5, 5.41) is 5.23. The van der Waals surface area contributed by atoms with Gasteiger partial charge in [0.15, 0.2) is 0 Å². The Morgan fingerprint density at radius 1 is 0.333 bits per heavy atom. The van der Waals surface area contributed by atoms with E-state index in [2.05, 4.69) is 161 Å². The first-order chi connectivity index (χ1) is 23.6. The van der Waals surface area contributed by atoms with Crippen LogP contribution in [0.4, 0.5) is 0 Å². The molecule has 48 heavy (non-hydrogen) atoms. The van der Waals surface area contributed by atoms with Gasteiger partial charge >= 0.3 is 0 Å². The van der Waals surface area contributed by atoms with Crippen LogP contribution in [-0.4, -0.2) is 0 Å². The smallest absolute Gasteiger partial charge is 0.0210 e. The summed E-state index contributed by atoms with van der Waals surface area (Å²) in [5.41, 5.74) is 17.1. The fourth-order valence-electron chi connectivity index (χ4n) is 9.98. The van der Waals surface area contributed by atoms with Gasteiger partial charge in [0.05, 0.1) is 0 Å². The van der Waals surface area contributed by atoms with Crippen LogP contribution < -0.4 is 0 Å². The SMILES string of the molecule is CCC1(CC)c2ccccc2-c2cc3c(cc21)C(CC)(CC)c1ccc(-c2c4ccccc4c(-c4ccccc4)c4ccccc24)cc1-3. The molecule has 7 aromatic rings. The molecular formula is C48H42. The van der Waals surface area contributed by atoms with Crippen LogP contribution in [0.15, 0.2) is 133 Å². The minimum atomic E-state index is 0.0154. The van der Waals surface area contributed by atoms with E-state index in [1.807, 2.05) is 0 Å². The van der Waals surface area contributed by atoms with Gasteiger partial charge in [0.2, 0.25) is 0 Å². The normalized spacial score (nSPS) is 14.9. The zero-order valence-corrected chi connectivity index (χ0v) is 28.5. The molecule has 0 bridgehead atoms. The van der Waals surface area contributed by atoms with Crippen molar-refractivity contribution in [3.05, 3.63) is 156 Å². The van der Waals surface area contributed by atoms with E-state index in [0.29, 0.717) is 0 Å². The lowest BCUT2D eigenvalue weighted by atomic mass is 9.70. The van der Waals surface area contributed by atoms with Gasteiger partial charge in [-0.3, -0.25) is 0 Å². The van der Waals surface area contributed by atoms with E-state index in [0.717, 1.165) is 25.7 Å². The van der Waals surface area contributed by atoms with Crippen LogP contribution in [0.25, 0.3) is 66.1 Å². The molecule has 0 heteroatoms. The van der Waals surface area contributed by atoms with Crippen molar-refractivity contribution in [1.29, 1.82) is 0 Å². The third-order valence-electron chi connectivity index (χ3n) is 12.4. The summed E-state index contributed by atoms with van der Waals surface area (Å²) >= 11 is 0. The molecule has 0 radical (unpaired) electrons. The van der Waals surface area contributed by atoms with Gasteiger partial charge in [0, 0.05) is 10.8 Å². The predicted octanol–water partition coefficient (Wildman–Crippen LogP) is 13.5. The molecule has 0 aliphatic heterocycles. The number of fused-ring (bicyclic) bond motifs is 8. The molecule has 0 saturated heterocycles. The molecule has 0 nitrogen and oxygen atoms in total. The van der Waals surface area contributed by atoms with Crippen LogP contribution in [-0.2, 0) is 10.8 Å². The molecule has 0 atom stereocenters. The Morgan fingerprint density at radius 2 is 0.771 bits per heavy atom. The van der Waals surface area contributed by atoms with Gasteiger partial charge in [-0.2, -0.15) is 0 Å². The largest absolute Gasteiger partial charge is 0.0642 e. The third kappa shape index (κ3) is 3.72. The lowest BCUT2D eigenvalue weighted by Crippen LogP contribution is -2.26. The molecule has 7 aromatic carbocycles. The maximum atomic E-state index is 2.66. The standard InChI is InChI=1S/C48H42/c1-5-47(6-2)41-25-17-16-20-33(41)39-29-40-38-28-32(26-27-42(38)48(7-3,8-4)44(40)30-43(39)47)46-36-23-14-12-21-34(36)45(31-18-10-9-11-19-31)35-22-13-15-24-37(35)46/h9-30H,5-8H2,1-4H3. The zero-order valence-electron chi connectivity index (χ0n) is 28.5. The first kappa shape index (κ1) is 29.2. The highest BCUT2D eigenvalue weighted by molar-refractivity contribution is 6.21. The molecule has 0 fully saturated rings. The molecule has 0 saturated carbocycles. The fraction of sp³-hybridized carbons (Fsp3) is 0.208. The molecule has 2 aliphatic rings. The summed E-state index contributed by atoms with van der Waals surface area (Å²) in [4.78, 5) is 0. The molecule has 0 heterocycles. The van der Waals surface area contributed by atoms with E-state index in [4.69, 9.17) is 0 Å². The molecule has 234 valence electrons. The molecular weight excluding hydrogens is 577 g/mol. The van der Waals surface area contributed by atoms with E-state index >= 15 is 0 Å². The molecule has 0 spiro atoms. The highest BCUT2D eigenvalue weighted by Gasteiger charge is 2.46. The van der Waals surface area contributed by atoms with Gasteiger partial charge in [-0.1, -0.05) is 149 Å². The van der Waals surface area contributed by atoms with Gasteiger partial charge in [-0.25, -0.2) is 0 Å². The Labute approximate surface area is 285 Å². The Morgan fingerprint density at radius 3 is 1.33 bits per heavy atom. The lowest BCUT2D eigenvalue weighted by molar-refractivity contribution is 0.476. The Hall–Kier alpha value is -4.94. The van der Waals surface area contributed by atoms with E-state index in [1.165, 1.54) is 82.7 Å². The molecule has 9 rings (SSSR count). The molecule has 0 amide bonds. The van der Waals surface area contributed by atoms with Crippen molar-refractivity contribution >= 4 is 21.5 Å². The summed E-state index contributed by atoms with van der Waals surface area (Å²) in [6.07, 6.45) is 4.43. The second kappa shape index (κ2) is 10.8. The number of rotatable bonds is 6. The maximum absolute atomic E-state index is 2.66. The summed E-state index contributed by atoms with van der Waals surface area (Å²) in [7, 11) is 0. The van der Waals surface area contributed by atoms with E-state index < -0.39 is 0 Å². The zero-order chi connectivity index (χ0) is 32.6. The van der Waals surface area contributed by atoms with Gasteiger partial charge in [0.1, 0.15) is 0 Å². The van der Waals surface area contributed by atoms with Crippen molar-refractivity contribution in [3.8, 4) is 44.5 Å². The molecule has 0 unspecified atom stereocenters. The Balaban J connectivity index is 1.34. The van der Waals surface area contributed by atoms with E-state index in [-0.39, 0.29) is 10.8 Å². The van der Waals surface area contributed by atoms with E-state index in [1.54, 1.807) is 5.56 Å². The minimum absolute atomic E-state index is 0.0154. The van der Waals surface area contributed by atoms with Gasteiger partial charge in [-0.05, 0) is 126 Å². The summed E-state index contributed by atoms with van der Waals surface area (Å²) < 4.78 is 0. The number of hydrogen-bond donors (Lipinski definition) is 0.